The maximum absolute atomic E-state index is 12.2. The molecule has 1 aromatic heterocycles. The zero-order valence-electron chi connectivity index (χ0n) is 10.2. The molecule has 0 amide bonds. The number of carbonyl (C=O) groups is 3. The number of aromatic nitrogens is 2. The molecule has 1 saturated carbocycles. The van der Waals surface area contributed by atoms with Crippen molar-refractivity contribution >= 4 is 23.0 Å². The summed E-state index contributed by atoms with van der Waals surface area (Å²) >= 11 is 0. The Morgan fingerprint density at radius 3 is 2.53 bits per heavy atom. The van der Waals surface area contributed by atoms with Gasteiger partial charge in [0.05, 0.1) is 4.92 Å². The van der Waals surface area contributed by atoms with Gasteiger partial charge in [0.25, 0.3) is 0 Å². The lowest BCUT2D eigenvalue weighted by molar-refractivity contribution is -0.385. The summed E-state index contributed by atoms with van der Waals surface area (Å²) in [5.74, 6) is -3.20. The van der Waals surface area contributed by atoms with Gasteiger partial charge >= 0.3 is 5.69 Å². The Morgan fingerprint density at radius 2 is 2.00 bits per heavy atom. The van der Waals surface area contributed by atoms with Gasteiger partial charge in [0.2, 0.25) is 5.78 Å². The van der Waals surface area contributed by atoms with Crippen molar-refractivity contribution in [2.75, 3.05) is 0 Å². The van der Waals surface area contributed by atoms with Crippen LogP contribution in [0.2, 0.25) is 0 Å². The predicted octanol–water partition coefficient (Wildman–Crippen LogP) is 0.449. The summed E-state index contributed by atoms with van der Waals surface area (Å²) in [6.07, 6.45) is 1.65. The van der Waals surface area contributed by atoms with E-state index in [0.717, 1.165) is 10.9 Å². The summed E-state index contributed by atoms with van der Waals surface area (Å²) in [6.45, 7) is 0. The van der Waals surface area contributed by atoms with Crippen LogP contribution >= 0.6 is 0 Å². The Morgan fingerprint density at radius 1 is 1.42 bits per heavy atom. The number of nitrogens with zero attached hydrogens (tertiary/aromatic N) is 3. The molecule has 0 N–H and O–H groups in total. The summed E-state index contributed by atoms with van der Waals surface area (Å²) < 4.78 is 1.02. The third kappa shape index (κ3) is 2.16. The highest BCUT2D eigenvalue weighted by Gasteiger charge is 2.40. The number of hydrogen-bond donors (Lipinski definition) is 0. The minimum atomic E-state index is -1.41. The van der Waals surface area contributed by atoms with Gasteiger partial charge in [-0.25, -0.2) is 0 Å². The van der Waals surface area contributed by atoms with Crippen molar-refractivity contribution in [2.45, 2.75) is 19.3 Å². The van der Waals surface area contributed by atoms with E-state index in [1.807, 2.05) is 0 Å². The summed E-state index contributed by atoms with van der Waals surface area (Å²) in [7, 11) is 1.36. The third-order valence-corrected chi connectivity index (χ3v) is 3.10. The van der Waals surface area contributed by atoms with Gasteiger partial charge in [-0.15, -0.1) is 0 Å². The van der Waals surface area contributed by atoms with Crippen LogP contribution in [0.15, 0.2) is 6.20 Å². The Kier molecular flexibility index (Phi) is 3.24. The van der Waals surface area contributed by atoms with Crippen molar-refractivity contribution in [3.05, 3.63) is 22.0 Å². The Hall–Kier alpha value is -2.38. The van der Waals surface area contributed by atoms with Gasteiger partial charge in [0, 0.05) is 19.9 Å². The van der Waals surface area contributed by atoms with Crippen molar-refractivity contribution in [2.24, 2.45) is 13.0 Å². The molecule has 19 heavy (non-hydrogen) atoms. The molecule has 2 rings (SSSR count). The highest BCUT2D eigenvalue weighted by molar-refractivity contribution is 6.25. The first-order valence-corrected chi connectivity index (χ1v) is 5.69. The van der Waals surface area contributed by atoms with E-state index in [0.29, 0.717) is 6.42 Å². The van der Waals surface area contributed by atoms with Crippen LogP contribution in [0, 0.1) is 16.0 Å². The minimum absolute atomic E-state index is 0.147. The van der Waals surface area contributed by atoms with Gasteiger partial charge in [0.15, 0.2) is 17.3 Å². The van der Waals surface area contributed by atoms with Gasteiger partial charge in [0.1, 0.15) is 12.1 Å². The second-order valence-corrected chi connectivity index (χ2v) is 4.34. The summed E-state index contributed by atoms with van der Waals surface area (Å²) in [4.78, 5) is 45.7. The second kappa shape index (κ2) is 4.71. The maximum atomic E-state index is 12.2. The van der Waals surface area contributed by atoms with Crippen molar-refractivity contribution in [3.8, 4) is 0 Å². The zero-order valence-corrected chi connectivity index (χ0v) is 10.2. The average molecular weight is 265 g/mol. The van der Waals surface area contributed by atoms with E-state index in [-0.39, 0.29) is 18.5 Å². The van der Waals surface area contributed by atoms with Crippen molar-refractivity contribution in [1.82, 2.24) is 9.78 Å². The fourth-order valence-electron chi connectivity index (χ4n) is 2.18. The van der Waals surface area contributed by atoms with Crippen molar-refractivity contribution in [1.29, 1.82) is 0 Å². The summed E-state index contributed by atoms with van der Waals surface area (Å²) in [6, 6.07) is 0. The second-order valence-electron chi connectivity index (χ2n) is 4.34. The molecule has 0 atom stereocenters. The van der Waals surface area contributed by atoms with E-state index in [9.17, 15) is 24.5 Å². The van der Waals surface area contributed by atoms with Gasteiger partial charge in [-0.1, -0.05) is 0 Å². The fourth-order valence-corrected chi connectivity index (χ4v) is 2.18. The van der Waals surface area contributed by atoms with Crippen LogP contribution < -0.4 is 0 Å². The first kappa shape index (κ1) is 13.1. The number of aryl methyl sites for hydroxylation is 1. The van der Waals surface area contributed by atoms with E-state index >= 15 is 0 Å². The molecule has 0 radical (unpaired) electrons. The van der Waals surface area contributed by atoms with Gasteiger partial charge in [-0.05, 0) is 6.42 Å². The molecule has 0 saturated heterocycles. The van der Waals surface area contributed by atoms with Crippen LogP contribution in [0.4, 0.5) is 5.69 Å². The number of Topliss-reactive ketones (excluding diaryl/α,β-unsaturated/α-hetero) is 3. The molecule has 100 valence electrons. The van der Waals surface area contributed by atoms with Gasteiger partial charge in [-0.2, -0.15) is 5.10 Å². The molecule has 1 aromatic rings. The highest BCUT2D eigenvalue weighted by atomic mass is 16.6. The van der Waals surface area contributed by atoms with E-state index in [2.05, 4.69) is 5.10 Å². The van der Waals surface area contributed by atoms with Crippen LogP contribution in [-0.2, 0) is 16.6 Å². The monoisotopic (exact) mass is 265 g/mol. The molecule has 1 aliphatic carbocycles. The molecule has 0 bridgehead atoms. The van der Waals surface area contributed by atoms with Crippen LogP contribution in [0.25, 0.3) is 0 Å². The van der Waals surface area contributed by atoms with Crippen LogP contribution in [-0.4, -0.2) is 32.1 Å². The molecule has 8 nitrogen and oxygen atoms in total. The first-order valence-electron chi connectivity index (χ1n) is 5.69. The molecule has 1 heterocycles. The lowest BCUT2D eigenvalue weighted by Gasteiger charge is -2.17. The van der Waals surface area contributed by atoms with E-state index in [1.54, 1.807) is 0 Å². The van der Waals surface area contributed by atoms with E-state index < -0.39 is 33.9 Å². The smallest absolute Gasteiger partial charge is 0.298 e. The van der Waals surface area contributed by atoms with Crippen molar-refractivity contribution in [3.63, 3.8) is 0 Å². The van der Waals surface area contributed by atoms with Crippen molar-refractivity contribution < 1.29 is 19.3 Å². The number of carbonyl (C=O) groups excluding carboxylic acids is 3. The van der Waals surface area contributed by atoms with E-state index in [1.165, 1.54) is 7.05 Å². The molecule has 0 unspecified atom stereocenters. The minimum Gasteiger partial charge on any atom is -0.298 e. The Labute approximate surface area is 107 Å². The summed E-state index contributed by atoms with van der Waals surface area (Å²) in [5, 5.41) is 14.5. The standard InChI is InChI=1S/C11H11N3O5/c1-13-10(6(5-12-13)14(18)19)11(17)9-7(15)3-2-4-8(9)16/h5,9H,2-4H2,1H3. The quantitative estimate of drug-likeness (QED) is 0.339. The average Bonchev–Trinajstić information content (AvgIpc) is 2.70. The molecule has 0 aliphatic heterocycles. The number of nitro groups is 1. The third-order valence-electron chi connectivity index (χ3n) is 3.10. The van der Waals surface area contributed by atoms with Crippen LogP contribution in [0.1, 0.15) is 29.8 Å². The molecule has 0 aromatic carbocycles. The van der Waals surface area contributed by atoms with E-state index in [4.69, 9.17) is 0 Å². The lowest BCUT2D eigenvalue weighted by atomic mass is 9.82. The Bertz CT molecular complexity index is 573. The Balaban J connectivity index is 2.44. The van der Waals surface area contributed by atoms with Crippen LogP contribution in [0.5, 0.6) is 0 Å². The normalized spacial score (nSPS) is 16.7. The maximum Gasteiger partial charge on any atom is 0.318 e. The highest BCUT2D eigenvalue weighted by Crippen LogP contribution is 2.25. The van der Waals surface area contributed by atoms with Crippen LogP contribution in [0.3, 0.4) is 0 Å². The largest absolute Gasteiger partial charge is 0.318 e. The van der Waals surface area contributed by atoms with Gasteiger partial charge < -0.3 is 0 Å². The molecule has 8 heteroatoms. The lowest BCUT2D eigenvalue weighted by Crippen LogP contribution is -2.36. The summed E-state index contributed by atoms with van der Waals surface area (Å²) in [5.41, 5.74) is -0.794. The molecular formula is C11H11N3O5. The number of hydrogen-bond acceptors (Lipinski definition) is 6. The number of rotatable bonds is 3. The molecular weight excluding hydrogens is 254 g/mol. The molecule has 1 aliphatic rings. The fraction of sp³-hybridized carbons (Fsp3) is 0.455. The van der Waals surface area contributed by atoms with Gasteiger partial charge in [-0.3, -0.25) is 29.2 Å². The SMILES string of the molecule is Cn1ncc([N+](=O)[O-])c1C(=O)C1C(=O)CCCC1=O. The molecule has 0 spiro atoms. The zero-order chi connectivity index (χ0) is 14.2. The number of ketones is 3. The topological polar surface area (TPSA) is 112 Å². The predicted molar refractivity (Wildman–Crippen MR) is 61.5 cm³/mol. The first-order chi connectivity index (χ1) is 8.93. The molecule has 1 fully saturated rings.